The van der Waals surface area contributed by atoms with Crippen molar-refractivity contribution in [2.45, 2.75) is 38.2 Å². The number of nitrogens with zero attached hydrogens (tertiary/aromatic N) is 4. The van der Waals surface area contributed by atoms with E-state index in [2.05, 4.69) is 101 Å². The van der Waals surface area contributed by atoms with Gasteiger partial charge < -0.3 is 4.57 Å². The molecule has 0 N–H and O–H groups in total. The largest absolute Gasteiger partial charge is 0.302 e. The minimum Gasteiger partial charge on any atom is -0.302 e. The van der Waals surface area contributed by atoms with E-state index in [0.29, 0.717) is 0 Å². The van der Waals surface area contributed by atoms with E-state index >= 15 is 0 Å². The van der Waals surface area contributed by atoms with E-state index in [9.17, 15) is 0 Å². The first-order chi connectivity index (χ1) is 16.1. The molecule has 0 atom stereocenters. The maximum Gasteiger partial charge on any atom is 0.191 e. The molecule has 0 radical (unpaired) electrons. The van der Waals surface area contributed by atoms with Gasteiger partial charge in [-0.2, -0.15) is 0 Å². The quantitative estimate of drug-likeness (QED) is 0.220. The number of aryl methyl sites for hydroxylation is 2. The highest BCUT2D eigenvalue weighted by Crippen LogP contribution is 2.39. The fraction of sp³-hybridized carbons (Fsp3) is 0.192. The van der Waals surface area contributed by atoms with Crippen molar-refractivity contribution in [3.63, 3.8) is 0 Å². The van der Waals surface area contributed by atoms with Crippen molar-refractivity contribution in [1.82, 2.24) is 19.7 Å². The molecule has 33 heavy (non-hydrogen) atoms. The Labute approximate surface area is 206 Å². The Morgan fingerprint density at radius 2 is 1.67 bits per heavy atom. The summed E-state index contributed by atoms with van der Waals surface area (Å²) in [6.07, 6.45) is 0. The molecule has 0 unspecified atom stereocenters. The van der Waals surface area contributed by atoms with Gasteiger partial charge in [-0.05, 0) is 26.3 Å². The highest BCUT2D eigenvalue weighted by atomic mass is 32.2. The summed E-state index contributed by atoms with van der Waals surface area (Å²) in [7, 11) is 0. The lowest BCUT2D eigenvalue weighted by molar-refractivity contribution is 0.687. The van der Waals surface area contributed by atoms with E-state index in [-0.39, 0.29) is 0 Å². The predicted molar refractivity (Wildman–Crippen MR) is 141 cm³/mol. The average molecular weight is 489 g/mol. The minimum absolute atomic E-state index is 0.773. The van der Waals surface area contributed by atoms with Crippen molar-refractivity contribution in [2.75, 3.05) is 0 Å². The molecular formula is C26H24N4S3. The van der Waals surface area contributed by atoms with E-state index in [1.807, 2.05) is 0 Å². The normalized spacial score (nSPS) is 11.2. The Bertz CT molecular complexity index is 1360. The highest BCUT2D eigenvalue weighted by molar-refractivity contribution is 7.98. The second kappa shape index (κ2) is 9.63. The van der Waals surface area contributed by atoms with E-state index < -0.39 is 0 Å². The molecule has 0 bridgehead atoms. The Balaban J connectivity index is 1.39. The van der Waals surface area contributed by atoms with Crippen molar-refractivity contribution in [2.24, 2.45) is 0 Å². The molecule has 0 aliphatic heterocycles. The second-order valence-electron chi connectivity index (χ2n) is 7.80. The molecule has 0 amide bonds. The first kappa shape index (κ1) is 22.1. The molecule has 3 heterocycles. The number of hydrogen-bond donors (Lipinski definition) is 0. The van der Waals surface area contributed by atoms with Gasteiger partial charge in [0.05, 0.1) is 5.69 Å². The maximum absolute atomic E-state index is 4.84. The van der Waals surface area contributed by atoms with E-state index in [1.165, 1.54) is 27.1 Å². The van der Waals surface area contributed by atoms with Crippen LogP contribution in [0.15, 0.2) is 70.5 Å². The summed E-state index contributed by atoms with van der Waals surface area (Å²) in [6.45, 7) is 7.24. The van der Waals surface area contributed by atoms with Gasteiger partial charge in [0.25, 0.3) is 0 Å². The van der Waals surface area contributed by atoms with Crippen LogP contribution in [0.1, 0.15) is 23.1 Å². The monoisotopic (exact) mass is 488 g/mol. The topological polar surface area (TPSA) is 43.6 Å². The molecule has 0 saturated carbocycles. The van der Waals surface area contributed by atoms with Gasteiger partial charge in [-0.15, -0.1) is 32.9 Å². The van der Waals surface area contributed by atoms with Crippen molar-refractivity contribution in [3.05, 3.63) is 81.5 Å². The van der Waals surface area contributed by atoms with Gasteiger partial charge in [-0.25, -0.2) is 4.98 Å². The minimum atomic E-state index is 0.773. The van der Waals surface area contributed by atoms with Gasteiger partial charge in [0.1, 0.15) is 5.01 Å². The van der Waals surface area contributed by atoms with E-state index in [4.69, 9.17) is 4.98 Å². The number of rotatable bonds is 7. The van der Waals surface area contributed by atoms with Crippen LogP contribution < -0.4 is 0 Å². The molecular weight excluding hydrogens is 465 g/mol. The van der Waals surface area contributed by atoms with Gasteiger partial charge in [-0.3, -0.25) is 0 Å². The average Bonchev–Trinajstić information content (AvgIpc) is 3.56. The molecule has 0 spiro atoms. The molecule has 166 valence electrons. The molecule has 2 aromatic carbocycles. The summed E-state index contributed by atoms with van der Waals surface area (Å²) in [4.78, 5) is 6.14. The van der Waals surface area contributed by atoms with Crippen LogP contribution in [0, 0.1) is 13.8 Å². The van der Waals surface area contributed by atoms with Gasteiger partial charge in [0.2, 0.25) is 0 Å². The molecule has 0 fully saturated rings. The molecule has 4 nitrogen and oxygen atoms in total. The van der Waals surface area contributed by atoms with Gasteiger partial charge in [-0.1, -0.05) is 71.9 Å². The third-order valence-electron chi connectivity index (χ3n) is 5.51. The van der Waals surface area contributed by atoms with Crippen molar-refractivity contribution in [3.8, 4) is 33.1 Å². The summed E-state index contributed by atoms with van der Waals surface area (Å²) < 4.78 is 2.21. The fourth-order valence-electron chi connectivity index (χ4n) is 3.80. The molecule has 5 rings (SSSR count). The van der Waals surface area contributed by atoms with Gasteiger partial charge in [0.15, 0.2) is 11.0 Å². The second-order valence-corrected chi connectivity index (χ2v) is 10.7. The Morgan fingerprint density at radius 3 is 2.42 bits per heavy atom. The number of thiophene rings is 1. The van der Waals surface area contributed by atoms with E-state index in [1.54, 1.807) is 34.4 Å². The van der Waals surface area contributed by atoms with Gasteiger partial charge >= 0.3 is 0 Å². The summed E-state index contributed by atoms with van der Waals surface area (Å²) >= 11 is 5.15. The van der Waals surface area contributed by atoms with Crippen molar-refractivity contribution >= 4 is 34.4 Å². The lowest BCUT2D eigenvalue weighted by Crippen LogP contribution is -2.00. The summed E-state index contributed by atoms with van der Waals surface area (Å²) in [5, 5.41) is 15.5. The number of thiazole rings is 1. The molecule has 7 heteroatoms. The highest BCUT2D eigenvalue weighted by Gasteiger charge is 2.20. The first-order valence-corrected chi connectivity index (χ1v) is 13.6. The number of benzene rings is 2. The Kier molecular flexibility index (Phi) is 6.44. The Morgan fingerprint density at radius 1 is 0.879 bits per heavy atom. The summed E-state index contributed by atoms with van der Waals surface area (Å²) in [6, 6.07) is 19.1. The molecule has 0 aliphatic rings. The van der Waals surface area contributed by atoms with Crippen LogP contribution in [0.5, 0.6) is 0 Å². The van der Waals surface area contributed by atoms with Crippen LogP contribution in [-0.2, 0) is 12.3 Å². The SMILES string of the molecule is CCn1c(SCc2csc(-c3ccc(C)cc3)n2)nnc1-c1csc(C)c1-c1ccccc1. The van der Waals surface area contributed by atoms with Crippen molar-refractivity contribution in [1.29, 1.82) is 0 Å². The van der Waals surface area contributed by atoms with Crippen LogP contribution in [0.2, 0.25) is 0 Å². The lowest BCUT2D eigenvalue weighted by Gasteiger charge is -2.09. The van der Waals surface area contributed by atoms with Crippen molar-refractivity contribution < 1.29 is 0 Å². The molecule has 0 saturated heterocycles. The van der Waals surface area contributed by atoms with Crippen LogP contribution in [0.4, 0.5) is 0 Å². The predicted octanol–water partition coefficient (Wildman–Crippen LogP) is 7.73. The standard InChI is InChI=1S/C26H24N4S3/c1-4-30-24(22-16-31-18(3)23(22)19-8-6-5-7-9-19)28-29-26(30)33-15-21-14-32-25(27-21)20-12-10-17(2)11-13-20/h5-14,16H,4,15H2,1-3H3. The fourth-order valence-corrected chi connectivity index (χ4v) is 6.49. The first-order valence-electron chi connectivity index (χ1n) is 10.9. The molecule has 3 aromatic heterocycles. The van der Waals surface area contributed by atoms with Crippen LogP contribution in [0.3, 0.4) is 0 Å². The zero-order chi connectivity index (χ0) is 22.8. The smallest absolute Gasteiger partial charge is 0.191 e. The third kappa shape index (κ3) is 4.53. The van der Waals surface area contributed by atoms with Gasteiger partial charge in [0, 0.05) is 44.6 Å². The summed E-state index contributed by atoms with van der Waals surface area (Å²) in [5.74, 6) is 1.70. The molecule has 5 aromatic rings. The molecule has 0 aliphatic carbocycles. The third-order valence-corrected chi connectivity index (χ3v) is 8.36. The van der Waals surface area contributed by atoms with Crippen LogP contribution in [-0.4, -0.2) is 19.7 Å². The van der Waals surface area contributed by atoms with Crippen LogP contribution >= 0.6 is 34.4 Å². The number of aromatic nitrogens is 4. The zero-order valence-corrected chi connectivity index (χ0v) is 21.2. The van der Waals surface area contributed by atoms with Crippen LogP contribution in [0.25, 0.3) is 33.1 Å². The lowest BCUT2D eigenvalue weighted by atomic mass is 10.0. The number of thioether (sulfide) groups is 1. The summed E-state index contributed by atoms with van der Waals surface area (Å²) in [5.41, 5.74) is 7.13. The number of hydrogen-bond acceptors (Lipinski definition) is 6. The zero-order valence-electron chi connectivity index (χ0n) is 18.8. The maximum atomic E-state index is 4.84. The van der Waals surface area contributed by atoms with E-state index in [0.717, 1.165) is 39.5 Å². The Hall–Kier alpha value is -2.74.